The highest BCUT2D eigenvalue weighted by Crippen LogP contribution is 2.14. The van der Waals surface area contributed by atoms with Crippen LogP contribution in [0.4, 0.5) is 5.69 Å². The van der Waals surface area contributed by atoms with E-state index < -0.39 is 5.97 Å². The molecule has 0 atom stereocenters. The lowest BCUT2D eigenvalue weighted by Gasteiger charge is -2.32. The molecule has 8 heteroatoms. The van der Waals surface area contributed by atoms with Gasteiger partial charge >= 0.3 is 5.97 Å². The Bertz CT molecular complexity index is 874. The number of benzene rings is 1. The third-order valence-corrected chi connectivity index (χ3v) is 4.60. The largest absolute Gasteiger partial charge is 0.465 e. The van der Waals surface area contributed by atoms with E-state index in [-0.39, 0.29) is 17.4 Å². The average molecular weight is 382 g/mol. The zero-order chi connectivity index (χ0) is 20.1. The van der Waals surface area contributed by atoms with Crippen molar-refractivity contribution in [3.05, 3.63) is 59.4 Å². The van der Waals surface area contributed by atoms with Crippen molar-refractivity contribution in [2.24, 2.45) is 0 Å². The molecular weight excluding hydrogens is 360 g/mol. The van der Waals surface area contributed by atoms with Gasteiger partial charge in [0.25, 0.3) is 11.8 Å². The van der Waals surface area contributed by atoms with Crippen molar-refractivity contribution in [1.29, 1.82) is 0 Å². The Morgan fingerprint density at radius 3 is 2.25 bits per heavy atom. The molecule has 1 fully saturated rings. The van der Waals surface area contributed by atoms with Crippen molar-refractivity contribution < 1.29 is 19.1 Å². The molecule has 1 aliphatic heterocycles. The number of aromatic nitrogens is 1. The number of likely N-dealkylation sites (N-methyl/N-ethyl adjacent to an activating group) is 1. The summed E-state index contributed by atoms with van der Waals surface area (Å²) >= 11 is 0. The summed E-state index contributed by atoms with van der Waals surface area (Å²) < 4.78 is 4.64. The maximum Gasteiger partial charge on any atom is 0.337 e. The summed E-state index contributed by atoms with van der Waals surface area (Å²) in [6, 6.07) is 7.89. The lowest BCUT2D eigenvalue weighted by Crippen LogP contribution is -2.47. The third kappa shape index (κ3) is 4.52. The van der Waals surface area contributed by atoms with Crippen LogP contribution < -0.4 is 5.32 Å². The summed E-state index contributed by atoms with van der Waals surface area (Å²) in [5.74, 6) is -0.957. The van der Waals surface area contributed by atoms with Crippen LogP contribution >= 0.6 is 0 Å². The lowest BCUT2D eigenvalue weighted by molar-refractivity contribution is 0.0599. The molecule has 0 aliphatic carbocycles. The minimum atomic E-state index is -0.447. The number of amides is 2. The summed E-state index contributed by atoms with van der Waals surface area (Å²) in [6.45, 7) is 2.94. The first-order valence-corrected chi connectivity index (χ1v) is 8.90. The van der Waals surface area contributed by atoms with Gasteiger partial charge in [0.1, 0.15) is 0 Å². The number of nitrogens with zero attached hydrogens (tertiary/aromatic N) is 3. The molecule has 1 aromatic heterocycles. The van der Waals surface area contributed by atoms with Crippen molar-refractivity contribution in [2.45, 2.75) is 0 Å². The predicted octanol–water partition coefficient (Wildman–Crippen LogP) is 1.51. The van der Waals surface area contributed by atoms with E-state index in [1.807, 2.05) is 7.05 Å². The Balaban J connectivity index is 1.68. The molecule has 0 radical (unpaired) electrons. The molecule has 1 N–H and O–H groups in total. The summed E-state index contributed by atoms with van der Waals surface area (Å²) in [6.07, 6.45) is 2.89. The molecule has 1 saturated heterocycles. The molecule has 146 valence electrons. The molecule has 1 aromatic carbocycles. The summed E-state index contributed by atoms with van der Waals surface area (Å²) in [5.41, 5.74) is 1.59. The van der Waals surface area contributed by atoms with Crippen LogP contribution in [0.3, 0.4) is 0 Å². The van der Waals surface area contributed by atoms with E-state index >= 15 is 0 Å². The van der Waals surface area contributed by atoms with E-state index in [0.29, 0.717) is 29.9 Å². The zero-order valence-corrected chi connectivity index (χ0v) is 15.8. The van der Waals surface area contributed by atoms with Gasteiger partial charge in [-0.2, -0.15) is 0 Å². The van der Waals surface area contributed by atoms with E-state index in [1.54, 1.807) is 35.2 Å². The monoisotopic (exact) mass is 382 g/mol. The quantitative estimate of drug-likeness (QED) is 0.806. The fourth-order valence-corrected chi connectivity index (χ4v) is 2.88. The van der Waals surface area contributed by atoms with Crippen molar-refractivity contribution in [1.82, 2.24) is 14.8 Å². The second-order valence-electron chi connectivity index (χ2n) is 6.58. The Labute approximate surface area is 163 Å². The second kappa shape index (κ2) is 8.62. The van der Waals surface area contributed by atoms with E-state index in [4.69, 9.17) is 0 Å². The first-order chi connectivity index (χ1) is 13.5. The number of nitrogens with one attached hydrogen (secondary N) is 1. The number of carbonyl (C=O) groups is 3. The topological polar surface area (TPSA) is 91.8 Å². The highest BCUT2D eigenvalue weighted by atomic mass is 16.5. The molecule has 2 amide bonds. The minimum absolute atomic E-state index is 0.127. The van der Waals surface area contributed by atoms with Gasteiger partial charge in [0.15, 0.2) is 0 Å². The molecule has 0 saturated carbocycles. The van der Waals surface area contributed by atoms with Gasteiger partial charge in [-0.05, 0) is 37.4 Å². The minimum Gasteiger partial charge on any atom is -0.465 e. The van der Waals surface area contributed by atoms with Gasteiger partial charge in [0.2, 0.25) is 0 Å². The fraction of sp³-hybridized carbons (Fsp3) is 0.300. The van der Waals surface area contributed by atoms with Gasteiger partial charge in [0, 0.05) is 44.3 Å². The highest BCUT2D eigenvalue weighted by Gasteiger charge is 2.21. The summed E-state index contributed by atoms with van der Waals surface area (Å²) in [4.78, 5) is 44.6. The zero-order valence-electron chi connectivity index (χ0n) is 15.8. The van der Waals surface area contributed by atoms with Crippen LogP contribution in [0, 0.1) is 0 Å². The van der Waals surface area contributed by atoms with Gasteiger partial charge in [-0.1, -0.05) is 0 Å². The Kier molecular flexibility index (Phi) is 6.00. The average Bonchev–Trinajstić information content (AvgIpc) is 2.74. The number of piperazine rings is 1. The number of pyridine rings is 1. The standard InChI is InChI=1S/C20H22N4O4/c1-23-7-9-24(10-8-23)19(26)16-11-15(12-21-13-16)18(25)22-17-5-3-14(4-6-17)20(27)28-2/h3-6,11-13H,7-10H2,1-2H3,(H,22,25). The van der Waals surface area contributed by atoms with Crippen molar-refractivity contribution in [2.75, 3.05) is 45.7 Å². The smallest absolute Gasteiger partial charge is 0.337 e. The SMILES string of the molecule is COC(=O)c1ccc(NC(=O)c2cncc(C(=O)N3CCN(C)CC3)c2)cc1. The van der Waals surface area contributed by atoms with Gasteiger partial charge < -0.3 is 19.9 Å². The van der Waals surface area contributed by atoms with Crippen LogP contribution in [0.5, 0.6) is 0 Å². The van der Waals surface area contributed by atoms with Gasteiger partial charge in [-0.3, -0.25) is 14.6 Å². The van der Waals surface area contributed by atoms with Crippen molar-refractivity contribution in [3.8, 4) is 0 Å². The number of ether oxygens (including phenoxy) is 1. The van der Waals surface area contributed by atoms with Crippen molar-refractivity contribution in [3.63, 3.8) is 0 Å². The molecule has 28 heavy (non-hydrogen) atoms. The Morgan fingerprint density at radius 2 is 1.61 bits per heavy atom. The number of esters is 1. The van der Waals surface area contributed by atoms with E-state index in [0.717, 1.165) is 13.1 Å². The number of rotatable bonds is 4. The summed E-state index contributed by atoms with van der Waals surface area (Å²) in [5, 5.41) is 2.73. The van der Waals surface area contributed by atoms with Crippen LogP contribution in [-0.4, -0.2) is 72.9 Å². The van der Waals surface area contributed by atoms with E-state index in [9.17, 15) is 14.4 Å². The summed E-state index contributed by atoms with van der Waals surface area (Å²) in [7, 11) is 3.33. The van der Waals surface area contributed by atoms with Crippen LogP contribution in [-0.2, 0) is 4.74 Å². The molecule has 1 aliphatic rings. The second-order valence-corrected chi connectivity index (χ2v) is 6.58. The molecule has 3 rings (SSSR count). The van der Waals surface area contributed by atoms with E-state index in [2.05, 4.69) is 19.9 Å². The lowest BCUT2D eigenvalue weighted by atomic mass is 10.1. The number of hydrogen-bond donors (Lipinski definition) is 1. The van der Waals surface area contributed by atoms with Gasteiger partial charge in [0.05, 0.1) is 23.8 Å². The number of hydrogen-bond acceptors (Lipinski definition) is 6. The number of anilines is 1. The molecule has 2 heterocycles. The number of carbonyl (C=O) groups excluding carboxylic acids is 3. The first-order valence-electron chi connectivity index (χ1n) is 8.90. The Hall–Kier alpha value is -3.26. The Morgan fingerprint density at radius 1 is 0.964 bits per heavy atom. The molecule has 0 unspecified atom stereocenters. The molecular formula is C20H22N4O4. The van der Waals surface area contributed by atoms with Crippen molar-refractivity contribution >= 4 is 23.5 Å². The first kappa shape index (κ1) is 19.5. The number of methoxy groups -OCH3 is 1. The van der Waals surface area contributed by atoms with E-state index in [1.165, 1.54) is 19.5 Å². The van der Waals surface area contributed by atoms with Crippen LogP contribution in [0.15, 0.2) is 42.7 Å². The van der Waals surface area contributed by atoms with Gasteiger partial charge in [-0.15, -0.1) is 0 Å². The molecule has 0 spiro atoms. The normalized spacial score (nSPS) is 14.4. The predicted molar refractivity (Wildman–Crippen MR) is 103 cm³/mol. The third-order valence-electron chi connectivity index (χ3n) is 4.60. The fourth-order valence-electron chi connectivity index (χ4n) is 2.88. The van der Waals surface area contributed by atoms with Crippen LogP contribution in [0.25, 0.3) is 0 Å². The van der Waals surface area contributed by atoms with Crippen LogP contribution in [0.1, 0.15) is 31.1 Å². The molecule has 8 nitrogen and oxygen atoms in total. The van der Waals surface area contributed by atoms with Gasteiger partial charge in [-0.25, -0.2) is 4.79 Å². The highest BCUT2D eigenvalue weighted by molar-refractivity contribution is 6.06. The molecule has 2 aromatic rings. The maximum atomic E-state index is 12.7. The maximum absolute atomic E-state index is 12.7. The van der Waals surface area contributed by atoms with Crippen LogP contribution in [0.2, 0.25) is 0 Å². The molecule has 0 bridgehead atoms.